The van der Waals surface area contributed by atoms with Crippen molar-refractivity contribution in [1.29, 1.82) is 0 Å². The predicted molar refractivity (Wildman–Crippen MR) is 92.8 cm³/mol. The predicted octanol–water partition coefficient (Wildman–Crippen LogP) is 3.72. The number of thiophene rings is 1. The van der Waals surface area contributed by atoms with Gasteiger partial charge in [0.15, 0.2) is 0 Å². The summed E-state index contributed by atoms with van der Waals surface area (Å²) in [6.07, 6.45) is 2.48. The summed E-state index contributed by atoms with van der Waals surface area (Å²) in [4.78, 5) is 13.6. The minimum absolute atomic E-state index is 0.109. The molecular formula is C15H15ClN2O3S2. The van der Waals surface area contributed by atoms with Crippen molar-refractivity contribution < 1.29 is 13.2 Å². The molecule has 0 radical (unpaired) electrons. The van der Waals surface area contributed by atoms with Crippen LogP contribution in [0.25, 0.3) is 0 Å². The summed E-state index contributed by atoms with van der Waals surface area (Å²) in [6, 6.07) is 9.83. The SMILES string of the molecule is O=C1CCCCN1c1ccc(NS(=O)(=O)c2ccc(Cl)s2)cc1. The van der Waals surface area contributed by atoms with Crippen LogP contribution in [0, 0.1) is 0 Å². The molecule has 1 aromatic heterocycles. The summed E-state index contributed by atoms with van der Waals surface area (Å²) in [5, 5.41) is 0. The second kappa shape index (κ2) is 6.51. The zero-order valence-corrected chi connectivity index (χ0v) is 14.5. The van der Waals surface area contributed by atoms with Gasteiger partial charge in [-0.25, -0.2) is 8.42 Å². The van der Waals surface area contributed by atoms with Crippen molar-refractivity contribution in [3.05, 3.63) is 40.7 Å². The molecule has 0 unspecified atom stereocenters. The van der Waals surface area contributed by atoms with Gasteiger partial charge >= 0.3 is 0 Å². The molecule has 2 heterocycles. The van der Waals surface area contributed by atoms with Crippen molar-refractivity contribution in [2.45, 2.75) is 23.5 Å². The molecule has 1 N–H and O–H groups in total. The molecule has 1 fully saturated rings. The quantitative estimate of drug-likeness (QED) is 0.891. The van der Waals surface area contributed by atoms with E-state index in [1.165, 1.54) is 6.07 Å². The number of rotatable bonds is 4. The van der Waals surface area contributed by atoms with Crippen molar-refractivity contribution in [3.63, 3.8) is 0 Å². The first kappa shape index (κ1) is 16.3. The Morgan fingerprint density at radius 1 is 1.09 bits per heavy atom. The molecule has 2 aromatic rings. The van der Waals surface area contributed by atoms with Crippen LogP contribution in [0.5, 0.6) is 0 Å². The highest BCUT2D eigenvalue weighted by Crippen LogP contribution is 2.28. The summed E-state index contributed by atoms with van der Waals surface area (Å²) >= 11 is 6.78. The largest absolute Gasteiger partial charge is 0.312 e. The van der Waals surface area contributed by atoms with Gasteiger partial charge < -0.3 is 4.90 Å². The number of sulfonamides is 1. The third-order valence-corrected chi connectivity index (χ3v) is 6.67. The van der Waals surface area contributed by atoms with Crippen LogP contribution in [0.2, 0.25) is 4.34 Å². The first-order valence-corrected chi connectivity index (χ1v) is 9.82. The van der Waals surface area contributed by atoms with Crippen LogP contribution in [0.1, 0.15) is 19.3 Å². The summed E-state index contributed by atoms with van der Waals surface area (Å²) < 4.78 is 27.6. The summed E-state index contributed by atoms with van der Waals surface area (Å²) in [6.45, 7) is 0.706. The Hall–Kier alpha value is -1.57. The zero-order chi connectivity index (χ0) is 16.4. The highest BCUT2D eigenvalue weighted by atomic mass is 35.5. The maximum Gasteiger partial charge on any atom is 0.271 e. The van der Waals surface area contributed by atoms with E-state index in [9.17, 15) is 13.2 Å². The second-order valence-electron chi connectivity index (χ2n) is 5.21. The lowest BCUT2D eigenvalue weighted by Crippen LogP contribution is -2.35. The van der Waals surface area contributed by atoms with Crippen LogP contribution < -0.4 is 9.62 Å². The Bertz CT molecular complexity index is 816. The molecular weight excluding hydrogens is 356 g/mol. The Kier molecular flexibility index (Phi) is 4.61. The number of nitrogens with zero attached hydrogens (tertiary/aromatic N) is 1. The lowest BCUT2D eigenvalue weighted by Gasteiger charge is -2.26. The van der Waals surface area contributed by atoms with Gasteiger partial charge in [-0.15, -0.1) is 11.3 Å². The molecule has 3 rings (SSSR count). The lowest BCUT2D eigenvalue weighted by molar-refractivity contribution is -0.119. The van der Waals surface area contributed by atoms with Crippen LogP contribution in [0.3, 0.4) is 0 Å². The molecule has 1 aliphatic heterocycles. The first-order valence-electron chi connectivity index (χ1n) is 7.14. The van der Waals surface area contributed by atoms with Crippen molar-refractivity contribution in [2.24, 2.45) is 0 Å². The number of hydrogen-bond acceptors (Lipinski definition) is 4. The number of carbonyl (C=O) groups is 1. The van der Waals surface area contributed by atoms with E-state index in [0.717, 1.165) is 29.9 Å². The Morgan fingerprint density at radius 2 is 1.83 bits per heavy atom. The number of amides is 1. The standard InChI is InChI=1S/C15H15ClN2O3S2/c16-13-8-9-15(22-13)23(20,21)17-11-4-6-12(7-5-11)18-10-2-1-3-14(18)19/h4-9,17H,1-3,10H2. The van der Waals surface area contributed by atoms with Gasteiger partial charge in [0.25, 0.3) is 10.0 Å². The highest BCUT2D eigenvalue weighted by molar-refractivity contribution is 7.94. The third kappa shape index (κ3) is 3.68. The fourth-order valence-electron chi connectivity index (χ4n) is 2.44. The van der Waals surface area contributed by atoms with Crippen LogP contribution in [0.4, 0.5) is 11.4 Å². The van der Waals surface area contributed by atoms with Gasteiger partial charge in [-0.05, 0) is 49.2 Å². The van der Waals surface area contributed by atoms with Crippen molar-refractivity contribution >= 4 is 50.2 Å². The average Bonchev–Trinajstić information content (AvgIpc) is 2.96. The second-order valence-corrected chi connectivity index (χ2v) is 8.84. The number of benzene rings is 1. The van der Waals surface area contributed by atoms with Gasteiger partial charge in [-0.2, -0.15) is 0 Å². The average molecular weight is 371 g/mol. The number of halogens is 1. The number of hydrogen-bond donors (Lipinski definition) is 1. The smallest absolute Gasteiger partial charge is 0.271 e. The molecule has 122 valence electrons. The molecule has 23 heavy (non-hydrogen) atoms. The van der Waals surface area contributed by atoms with E-state index in [2.05, 4.69) is 4.72 Å². The van der Waals surface area contributed by atoms with E-state index < -0.39 is 10.0 Å². The van der Waals surface area contributed by atoms with Gasteiger partial charge in [0.1, 0.15) is 4.21 Å². The van der Waals surface area contributed by atoms with Gasteiger partial charge in [0.2, 0.25) is 5.91 Å². The van der Waals surface area contributed by atoms with E-state index in [0.29, 0.717) is 23.0 Å². The molecule has 0 spiro atoms. The molecule has 1 aromatic carbocycles. The maximum atomic E-state index is 12.2. The van der Waals surface area contributed by atoms with Crippen molar-refractivity contribution in [2.75, 3.05) is 16.2 Å². The van der Waals surface area contributed by atoms with Gasteiger partial charge in [0, 0.05) is 24.3 Å². The zero-order valence-electron chi connectivity index (χ0n) is 12.2. The Labute approximate surface area is 143 Å². The van der Waals surface area contributed by atoms with E-state index in [-0.39, 0.29) is 10.1 Å². The normalized spacial score (nSPS) is 15.7. The van der Waals surface area contributed by atoms with Gasteiger partial charge in [-0.1, -0.05) is 11.6 Å². The molecule has 1 aliphatic rings. The Morgan fingerprint density at radius 3 is 2.43 bits per heavy atom. The minimum atomic E-state index is -3.64. The minimum Gasteiger partial charge on any atom is -0.312 e. The summed E-state index contributed by atoms with van der Waals surface area (Å²) in [5.74, 6) is 0.109. The molecule has 0 bridgehead atoms. The van der Waals surface area contributed by atoms with E-state index in [1.54, 1.807) is 35.2 Å². The van der Waals surface area contributed by atoms with Crippen LogP contribution in [-0.2, 0) is 14.8 Å². The fourth-order valence-corrected chi connectivity index (χ4v) is 4.98. The number of anilines is 2. The molecule has 0 saturated carbocycles. The number of piperidine rings is 1. The summed E-state index contributed by atoms with van der Waals surface area (Å²) in [7, 11) is -3.64. The van der Waals surface area contributed by atoms with Crippen molar-refractivity contribution in [1.82, 2.24) is 0 Å². The van der Waals surface area contributed by atoms with Crippen LogP contribution in [-0.4, -0.2) is 20.9 Å². The van der Waals surface area contributed by atoms with Gasteiger partial charge in [0.05, 0.1) is 4.34 Å². The van der Waals surface area contributed by atoms with Crippen LogP contribution >= 0.6 is 22.9 Å². The number of nitrogens with one attached hydrogen (secondary N) is 1. The lowest BCUT2D eigenvalue weighted by atomic mass is 10.1. The maximum absolute atomic E-state index is 12.2. The number of carbonyl (C=O) groups excluding carboxylic acids is 1. The van der Waals surface area contributed by atoms with Gasteiger partial charge in [-0.3, -0.25) is 9.52 Å². The molecule has 1 saturated heterocycles. The Balaban J connectivity index is 1.76. The molecule has 8 heteroatoms. The van der Waals surface area contributed by atoms with E-state index in [1.807, 2.05) is 0 Å². The third-order valence-electron chi connectivity index (χ3n) is 3.57. The monoisotopic (exact) mass is 370 g/mol. The van der Waals surface area contributed by atoms with Crippen molar-refractivity contribution in [3.8, 4) is 0 Å². The molecule has 1 amide bonds. The molecule has 0 atom stereocenters. The van der Waals surface area contributed by atoms with Crippen LogP contribution in [0.15, 0.2) is 40.6 Å². The fraction of sp³-hybridized carbons (Fsp3) is 0.267. The first-order chi connectivity index (χ1) is 11.0. The molecule has 5 nitrogen and oxygen atoms in total. The van der Waals surface area contributed by atoms with E-state index >= 15 is 0 Å². The van der Waals surface area contributed by atoms with E-state index in [4.69, 9.17) is 11.6 Å². The topological polar surface area (TPSA) is 66.5 Å². The summed E-state index contributed by atoms with van der Waals surface area (Å²) in [5.41, 5.74) is 1.24. The highest BCUT2D eigenvalue weighted by Gasteiger charge is 2.20. The molecule has 0 aliphatic carbocycles.